The first-order valence-electron chi connectivity index (χ1n) is 4.96. The van der Waals surface area contributed by atoms with Crippen LogP contribution in [0.1, 0.15) is 26.7 Å². The number of carbonyl (C=O) groups is 2. The summed E-state index contributed by atoms with van der Waals surface area (Å²) in [4.78, 5) is 22.8. The molecule has 0 aliphatic rings. The molecule has 0 heterocycles. The number of ether oxygens (including phenoxy) is 2. The molecule has 0 saturated heterocycles. The second kappa shape index (κ2) is 7.04. The molecule has 86 valence electrons. The first kappa shape index (κ1) is 13.7. The number of rotatable bonds is 5. The van der Waals surface area contributed by atoms with E-state index in [0.717, 1.165) is 12.0 Å². The molecule has 4 heteroatoms. The number of esters is 2. The van der Waals surface area contributed by atoms with E-state index in [9.17, 15) is 9.59 Å². The van der Waals surface area contributed by atoms with Crippen LogP contribution in [0.2, 0.25) is 0 Å². The quantitative estimate of drug-likeness (QED) is 0.397. The van der Waals surface area contributed by atoms with Crippen molar-refractivity contribution in [1.82, 2.24) is 0 Å². The van der Waals surface area contributed by atoms with Gasteiger partial charge in [0.15, 0.2) is 5.92 Å². The molecule has 0 rings (SSSR count). The lowest BCUT2D eigenvalue weighted by molar-refractivity contribution is -0.156. The fourth-order valence-electron chi connectivity index (χ4n) is 1.36. The van der Waals surface area contributed by atoms with Crippen LogP contribution < -0.4 is 0 Å². The van der Waals surface area contributed by atoms with Gasteiger partial charge in [-0.2, -0.15) is 0 Å². The Morgan fingerprint density at radius 3 is 1.87 bits per heavy atom. The molecule has 0 aromatic heterocycles. The minimum absolute atomic E-state index is 0.566. The van der Waals surface area contributed by atoms with Crippen LogP contribution in [0.3, 0.4) is 0 Å². The van der Waals surface area contributed by atoms with Gasteiger partial charge in [0.1, 0.15) is 0 Å². The lowest BCUT2D eigenvalue weighted by Gasteiger charge is -2.14. The van der Waals surface area contributed by atoms with Gasteiger partial charge in [0, 0.05) is 0 Å². The molecule has 0 unspecified atom stereocenters. The average Bonchev–Trinajstić information content (AvgIpc) is 2.27. The van der Waals surface area contributed by atoms with Crippen molar-refractivity contribution in [2.45, 2.75) is 26.7 Å². The van der Waals surface area contributed by atoms with Crippen LogP contribution >= 0.6 is 0 Å². The van der Waals surface area contributed by atoms with Gasteiger partial charge in [0.25, 0.3) is 0 Å². The molecular weight excluding hydrogens is 196 g/mol. The molecule has 15 heavy (non-hydrogen) atoms. The molecule has 0 radical (unpaired) electrons. The molecule has 0 bridgehead atoms. The minimum Gasteiger partial charge on any atom is -0.468 e. The van der Waals surface area contributed by atoms with E-state index in [-0.39, 0.29) is 0 Å². The van der Waals surface area contributed by atoms with Crippen LogP contribution in [0.5, 0.6) is 0 Å². The number of hydrogen-bond acceptors (Lipinski definition) is 4. The van der Waals surface area contributed by atoms with E-state index in [4.69, 9.17) is 0 Å². The van der Waals surface area contributed by atoms with Crippen LogP contribution in [0, 0.1) is 5.92 Å². The first-order chi connectivity index (χ1) is 7.12. The zero-order valence-corrected chi connectivity index (χ0v) is 9.70. The molecule has 0 aliphatic heterocycles. The summed E-state index contributed by atoms with van der Waals surface area (Å²) in [6.45, 7) is 3.83. The van der Waals surface area contributed by atoms with Gasteiger partial charge in [-0.1, -0.05) is 19.9 Å². The zero-order valence-electron chi connectivity index (χ0n) is 9.70. The monoisotopic (exact) mass is 214 g/mol. The van der Waals surface area contributed by atoms with Crippen LogP contribution in [-0.2, 0) is 19.1 Å². The molecule has 0 aromatic rings. The Hall–Kier alpha value is -1.32. The number of methoxy groups -OCH3 is 2. The molecule has 0 saturated carbocycles. The maximum absolute atomic E-state index is 11.4. The third-order valence-electron chi connectivity index (χ3n) is 2.12. The fraction of sp³-hybridized carbons (Fsp3) is 0.636. The molecule has 4 nitrogen and oxygen atoms in total. The predicted molar refractivity (Wildman–Crippen MR) is 56.2 cm³/mol. The Labute approximate surface area is 90.2 Å². The highest BCUT2D eigenvalue weighted by Crippen LogP contribution is 2.18. The summed E-state index contributed by atoms with van der Waals surface area (Å²) in [5, 5.41) is 0. The topological polar surface area (TPSA) is 52.6 Å². The maximum Gasteiger partial charge on any atom is 0.324 e. The highest BCUT2D eigenvalue weighted by Gasteiger charge is 2.31. The highest BCUT2D eigenvalue weighted by atomic mass is 16.5. The average molecular weight is 214 g/mol. The van der Waals surface area contributed by atoms with Crippen LogP contribution in [0.4, 0.5) is 0 Å². The molecule has 0 spiro atoms. The van der Waals surface area contributed by atoms with Crippen molar-refractivity contribution < 1.29 is 19.1 Å². The van der Waals surface area contributed by atoms with Gasteiger partial charge in [0.05, 0.1) is 14.2 Å². The minimum atomic E-state index is -0.912. The highest BCUT2D eigenvalue weighted by molar-refractivity contribution is 5.98. The summed E-state index contributed by atoms with van der Waals surface area (Å²) in [5.41, 5.74) is 0.746. The van der Waals surface area contributed by atoms with Gasteiger partial charge in [0.2, 0.25) is 0 Å². The van der Waals surface area contributed by atoms with Crippen molar-refractivity contribution >= 4 is 11.9 Å². The fourth-order valence-corrected chi connectivity index (χ4v) is 1.36. The van der Waals surface area contributed by atoms with E-state index in [1.54, 1.807) is 0 Å². The Bertz CT molecular complexity index is 239. The Kier molecular flexibility index (Phi) is 6.42. The van der Waals surface area contributed by atoms with Crippen molar-refractivity contribution in [3.05, 3.63) is 11.6 Å². The van der Waals surface area contributed by atoms with E-state index in [0.29, 0.717) is 6.42 Å². The standard InChI is InChI=1S/C11H18O4/c1-5-7-8(6-2)9(10(12)14-3)11(13)15-4/h7,9H,5-6H2,1-4H3. The molecular formula is C11H18O4. The molecule has 0 N–H and O–H groups in total. The summed E-state index contributed by atoms with van der Waals surface area (Å²) in [6, 6.07) is 0. The second-order valence-electron chi connectivity index (χ2n) is 3.02. The van der Waals surface area contributed by atoms with E-state index in [2.05, 4.69) is 9.47 Å². The largest absolute Gasteiger partial charge is 0.468 e. The summed E-state index contributed by atoms with van der Waals surface area (Å²) >= 11 is 0. The molecule has 0 aliphatic carbocycles. The van der Waals surface area contributed by atoms with Gasteiger partial charge in [-0.15, -0.1) is 0 Å². The zero-order chi connectivity index (χ0) is 11.8. The van der Waals surface area contributed by atoms with Gasteiger partial charge >= 0.3 is 11.9 Å². The van der Waals surface area contributed by atoms with E-state index in [1.807, 2.05) is 19.9 Å². The first-order valence-corrected chi connectivity index (χ1v) is 4.96. The van der Waals surface area contributed by atoms with Crippen molar-refractivity contribution in [3.8, 4) is 0 Å². The van der Waals surface area contributed by atoms with E-state index in [1.165, 1.54) is 14.2 Å². The van der Waals surface area contributed by atoms with E-state index < -0.39 is 17.9 Å². The second-order valence-corrected chi connectivity index (χ2v) is 3.02. The Morgan fingerprint density at radius 2 is 1.60 bits per heavy atom. The normalized spacial score (nSPS) is 11.4. The third-order valence-corrected chi connectivity index (χ3v) is 2.12. The third kappa shape index (κ3) is 3.73. The Balaban J connectivity index is 4.98. The smallest absolute Gasteiger partial charge is 0.324 e. The van der Waals surface area contributed by atoms with Gasteiger partial charge in [-0.3, -0.25) is 9.59 Å². The van der Waals surface area contributed by atoms with Crippen LogP contribution in [-0.4, -0.2) is 26.2 Å². The molecule has 0 amide bonds. The van der Waals surface area contributed by atoms with Crippen LogP contribution in [0.25, 0.3) is 0 Å². The SMILES string of the molecule is CCC=C(CC)C(C(=O)OC)C(=O)OC. The summed E-state index contributed by atoms with van der Waals surface area (Å²) < 4.78 is 9.17. The van der Waals surface area contributed by atoms with Crippen molar-refractivity contribution in [2.24, 2.45) is 5.92 Å². The summed E-state index contributed by atoms with van der Waals surface area (Å²) in [7, 11) is 2.52. The lowest BCUT2D eigenvalue weighted by Crippen LogP contribution is -2.28. The van der Waals surface area contributed by atoms with Gasteiger partial charge in [-0.25, -0.2) is 0 Å². The molecule has 0 fully saturated rings. The lowest BCUT2D eigenvalue weighted by atomic mass is 9.96. The van der Waals surface area contributed by atoms with Crippen LogP contribution in [0.15, 0.2) is 11.6 Å². The van der Waals surface area contributed by atoms with E-state index >= 15 is 0 Å². The van der Waals surface area contributed by atoms with Gasteiger partial charge < -0.3 is 9.47 Å². The number of allylic oxidation sites excluding steroid dienone is 1. The number of hydrogen-bond donors (Lipinski definition) is 0. The van der Waals surface area contributed by atoms with Crippen molar-refractivity contribution in [3.63, 3.8) is 0 Å². The van der Waals surface area contributed by atoms with Crippen molar-refractivity contribution in [2.75, 3.05) is 14.2 Å². The van der Waals surface area contributed by atoms with Gasteiger partial charge in [-0.05, 0) is 18.4 Å². The molecule has 0 atom stereocenters. The predicted octanol–water partition coefficient (Wildman–Crippen LogP) is 1.70. The maximum atomic E-state index is 11.4. The van der Waals surface area contributed by atoms with Crippen molar-refractivity contribution in [1.29, 1.82) is 0 Å². The summed E-state index contributed by atoms with van der Waals surface area (Å²) in [5.74, 6) is -2.04. The number of carbonyl (C=O) groups excluding carboxylic acids is 2. The summed E-state index contributed by atoms with van der Waals surface area (Å²) in [6.07, 6.45) is 3.26. The molecule has 0 aromatic carbocycles. The Morgan fingerprint density at radius 1 is 1.13 bits per heavy atom.